The molecule has 2 aromatic rings. The number of aryl methyl sites for hydroxylation is 1. The fraction of sp³-hybridized carbons (Fsp3) is 0.267. The first-order valence-corrected chi connectivity index (χ1v) is 6.23. The molecule has 4 heteroatoms. The Labute approximate surface area is 112 Å². The highest BCUT2D eigenvalue weighted by molar-refractivity contribution is 5.66. The molecule has 1 aromatic carbocycles. The van der Waals surface area contributed by atoms with E-state index in [1.807, 2.05) is 49.3 Å². The molecule has 0 saturated carbocycles. The lowest BCUT2D eigenvalue weighted by atomic mass is 10.0. The smallest absolute Gasteiger partial charge is 0.251 e. The first kappa shape index (κ1) is 13.4. The van der Waals surface area contributed by atoms with Gasteiger partial charge in [0.15, 0.2) is 0 Å². The Bertz CT molecular complexity index is 627. The average Bonchev–Trinajstić information content (AvgIpc) is 2.41. The van der Waals surface area contributed by atoms with Gasteiger partial charge < -0.3 is 15.6 Å². The molecule has 0 aliphatic heterocycles. The first-order valence-electron chi connectivity index (χ1n) is 6.23. The molecule has 19 heavy (non-hydrogen) atoms. The fourth-order valence-electron chi connectivity index (χ4n) is 2.04. The molecular weight excluding hydrogens is 238 g/mol. The van der Waals surface area contributed by atoms with E-state index in [1.165, 1.54) is 0 Å². The monoisotopic (exact) mass is 257 g/mol. The molecule has 4 nitrogen and oxygen atoms in total. The topological polar surface area (TPSA) is 62.1 Å². The summed E-state index contributed by atoms with van der Waals surface area (Å²) in [4.78, 5) is 16.7. The van der Waals surface area contributed by atoms with Crippen molar-refractivity contribution in [3.05, 3.63) is 51.8 Å². The number of anilines is 1. The summed E-state index contributed by atoms with van der Waals surface area (Å²) in [6.45, 7) is 2.19. The summed E-state index contributed by atoms with van der Waals surface area (Å²) in [6.07, 6.45) is 0. The number of nitrogens with zero attached hydrogens (tertiary/aromatic N) is 1. The fourth-order valence-corrected chi connectivity index (χ4v) is 2.04. The van der Waals surface area contributed by atoms with Crippen LogP contribution in [0.5, 0.6) is 0 Å². The van der Waals surface area contributed by atoms with Crippen molar-refractivity contribution in [1.29, 1.82) is 0 Å². The molecule has 3 N–H and O–H groups in total. The maximum absolute atomic E-state index is 11.8. The second-order valence-corrected chi connectivity index (χ2v) is 4.83. The Morgan fingerprint density at radius 2 is 1.84 bits per heavy atom. The lowest BCUT2D eigenvalue weighted by Crippen LogP contribution is -2.14. The van der Waals surface area contributed by atoms with Crippen LogP contribution in [0.25, 0.3) is 11.3 Å². The minimum atomic E-state index is -0.0658. The number of aromatic nitrogens is 1. The van der Waals surface area contributed by atoms with Crippen LogP contribution in [0, 0.1) is 6.92 Å². The number of rotatable bonds is 3. The van der Waals surface area contributed by atoms with Gasteiger partial charge in [0.05, 0.1) is 5.69 Å². The van der Waals surface area contributed by atoms with Crippen LogP contribution in [0.4, 0.5) is 5.69 Å². The number of nitrogens with one attached hydrogen (secondary N) is 1. The van der Waals surface area contributed by atoms with E-state index in [4.69, 9.17) is 5.73 Å². The molecule has 0 aliphatic carbocycles. The van der Waals surface area contributed by atoms with E-state index >= 15 is 0 Å². The van der Waals surface area contributed by atoms with Gasteiger partial charge in [0.2, 0.25) is 0 Å². The standard InChI is InChI=1S/C15H19N3O/c1-10-8-12(9-16)14(17-15(10)19)11-4-6-13(7-5-11)18(2)3/h4-8H,9,16H2,1-3H3,(H,17,19). The number of nitrogens with two attached hydrogens (primary N) is 1. The largest absolute Gasteiger partial charge is 0.378 e. The molecule has 100 valence electrons. The molecule has 0 saturated heterocycles. The van der Waals surface area contributed by atoms with Crippen LogP contribution in [0.3, 0.4) is 0 Å². The Hall–Kier alpha value is -2.07. The molecule has 0 atom stereocenters. The molecule has 1 heterocycles. The van der Waals surface area contributed by atoms with E-state index in [-0.39, 0.29) is 5.56 Å². The van der Waals surface area contributed by atoms with Gasteiger partial charge in [-0.05, 0) is 36.2 Å². The summed E-state index contributed by atoms with van der Waals surface area (Å²) in [6, 6.07) is 9.89. The summed E-state index contributed by atoms with van der Waals surface area (Å²) >= 11 is 0. The van der Waals surface area contributed by atoms with Gasteiger partial charge in [-0.15, -0.1) is 0 Å². The summed E-state index contributed by atoms with van der Waals surface area (Å²) in [7, 11) is 3.99. The highest BCUT2D eigenvalue weighted by Gasteiger charge is 2.07. The minimum Gasteiger partial charge on any atom is -0.378 e. The third kappa shape index (κ3) is 2.69. The van der Waals surface area contributed by atoms with Gasteiger partial charge >= 0.3 is 0 Å². The second kappa shape index (κ2) is 5.28. The minimum absolute atomic E-state index is 0.0658. The van der Waals surface area contributed by atoms with Crippen LogP contribution >= 0.6 is 0 Å². The van der Waals surface area contributed by atoms with Gasteiger partial charge in [-0.2, -0.15) is 0 Å². The maximum Gasteiger partial charge on any atom is 0.251 e. The van der Waals surface area contributed by atoms with E-state index < -0.39 is 0 Å². The van der Waals surface area contributed by atoms with Crippen molar-refractivity contribution in [2.45, 2.75) is 13.5 Å². The van der Waals surface area contributed by atoms with Crippen molar-refractivity contribution in [3.8, 4) is 11.3 Å². The van der Waals surface area contributed by atoms with E-state index in [0.717, 1.165) is 22.5 Å². The van der Waals surface area contributed by atoms with Gasteiger partial charge in [-0.1, -0.05) is 12.1 Å². The summed E-state index contributed by atoms with van der Waals surface area (Å²) < 4.78 is 0. The molecule has 0 unspecified atom stereocenters. The van der Waals surface area contributed by atoms with Crippen molar-refractivity contribution >= 4 is 5.69 Å². The molecule has 0 amide bonds. The second-order valence-electron chi connectivity index (χ2n) is 4.83. The van der Waals surface area contributed by atoms with Crippen molar-refractivity contribution in [3.63, 3.8) is 0 Å². The molecule has 0 radical (unpaired) electrons. The lowest BCUT2D eigenvalue weighted by molar-refractivity contribution is 1.03. The molecule has 0 bridgehead atoms. The molecular formula is C15H19N3O. The van der Waals surface area contributed by atoms with Crippen LogP contribution in [0.1, 0.15) is 11.1 Å². The van der Waals surface area contributed by atoms with Crippen LogP contribution in [-0.4, -0.2) is 19.1 Å². The molecule has 0 spiro atoms. The Morgan fingerprint density at radius 3 is 2.37 bits per heavy atom. The van der Waals surface area contributed by atoms with Gasteiger partial charge in [0.25, 0.3) is 5.56 Å². The van der Waals surface area contributed by atoms with Crippen LogP contribution < -0.4 is 16.2 Å². The molecule has 1 aromatic heterocycles. The predicted octanol–water partition coefficient (Wildman–Crippen LogP) is 1.88. The van der Waals surface area contributed by atoms with Crippen molar-refractivity contribution in [2.24, 2.45) is 5.73 Å². The molecule has 2 rings (SSSR count). The SMILES string of the molecule is Cc1cc(CN)c(-c2ccc(N(C)C)cc2)[nH]c1=O. The van der Waals surface area contributed by atoms with E-state index in [2.05, 4.69) is 4.98 Å². The van der Waals surface area contributed by atoms with E-state index in [0.29, 0.717) is 12.1 Å². The third-order valence-electron chi connectivity index (χ3n) is 3.20. The van der Waals surface area contributed by atoms with Crippen LogP contribution in [0.15, 0.2) is 35.1 Å². The highest BCUT2D eigenvalue weighted by Crippen LogP contribution is 2.23. The highest BCUT2D eigenvalue weighted by atomic mass is 16.1. The van der Waals surface area contributed by atoms with Crippen molar-refractivity contribution < 1.29 is 0 Å². The van der Waals surface area contributed by atoms with Crippen LogP contribution in [-0.2, 0) is 6.54 Å². The Balaban J connectivity index is 2.52. The lowest BCUT2D eigenvalue weighted by Gasteiger charge is -2.14. The maximum atomic E-state index is 11.8. The molecule has 0 aliphatic rings. The van der Waals surface area contributed by atoms with E-state index in [9.17, 15) is 4.79 Å². The number of pyridine rings is 1. The van der Waals surface area contributed by atoms with Gasteiger partial charge in [-0.3, -0.25) is 4.79 Å². The Kier molecular flexibility index (Phi) is 3.71. The zero-order chi connectivity index (χ0) is 14.0. The summed E-state index contributed by atoms with van der Waals surface area (Å²) in [5.74, 6) is 0. The Morgan fingerprint density at radius 1 is 1.21 bits per heavy atom. The summed E-state index contributed by atoms with van der Waals surface area (Å²) in [5, 5.41) is 0. The number of H-pyrrole nitrogens is 1. The average molecular weight is 257 g/mol. The number of hydrogen-bond acceptors (Lipinski definition) is 3. The zero-order valence-corrected chi connectivity index (χ0v) is 11.5. The van der Waals surface area contributed by atoms with Crippen molar-refractivity contribution in [1.82, 2.24) is 4.98 Å². The van der Waals surface area contributed by atoms with Crippen LogP contribution in [0.2, 0.25) is 0 Å². The van der Waals surface area contributed by atoms with E-state index in [1.54, 1.807) is 6.92 Å². The van der Waals surface area contributed by atoms with Crippen molar-refractivity contribution in [2.75, 3.05) is 19.0 Å². The number of aromatic amines is 1. The third-order valence-corrected chi connectivity index (χ3v) is 3.20. The predicted molar refractivity (Wildman–Crippen MR) is 79.5 cm³/mol. The number of benzene rings is 1. The zero-order valence-electron chi connectivity index (χ0n) is 11.5. The normalized spacial score (nSPS) is 10.5. The number of hydrogen-bond donors (Lipinski definition) is 2. The van der Waals surface area contributed by atoms with Gasteiger partial charge in [0, 0.05) is 31.9 Å². The first-order chi connectivity index (χ1) is 9.02. The van der Waals surface area contributed by atoms with Gasteiger partial charge in [-0.25, -0.2) is 0 Å². The summed E-state index contributed by atoms with van der Waals surface area (Å²) in [5.41, 5.74) is 10.2. The molecule has 0 fully saturated rings. The van der Waals surface area contributed by atoms with Gasteiger partial charge in [0.1, 0.15) is 0 Å². The quantitative estimate of drug-likeness (QED) is 0.882.